The SMILES string of the molecule is C=C1C(C(C)(F)F)=CC(c2ccoc2)=CN1/C(Cl)=C(\C)C(C)=O.CC/C=C(\CCC)c1cscn1. The monoisotopic (exact) mass is 520 g/mol. The quantitative estimate of drug-likeness (QED) is 0.257. The third-order valence-corrected chi connectivity index (χ3v) is 6.33. The van der Waals surface area contributed by atoms with Crippen LogP contribution in [0.2, 0.25) is 0 Å². The summed E-state index contributed by atoms with van der Waals surface area (Å²) in [5.41, 5.74) is 5.59. The Hall–Kier alpha value is -2.77. The molecule has 0 atom stereocenters. The molecule has 0 aromatic carbocycles. The number of rotatable bonds is 8. The molecule has 1 aliphatic heterocycles. The van der Waals surface area contributed by atoms with E-state index in [0.29, 0.717) is 11.1 Å². The van der Waals surface area contributed by atoms with Gasteiger partial charge < -0.3 is 9.32 Å². The summed E-state index contributed by atoms with van der Waals surface area (Å²) in [6.45, 7) is 11.8. The molecule has 35 heavy (non-hydrogen) atoms. The molecule has 0 bridgehead atoms. The maximum absolute atomic E-state index is 13.9. The average molecular weight is 521 g/mol. The zero-order valence-electron chi connectivity index (χ0n) is 20.7. The third-order valence-electron chi connectivity index (χ3n) is 5.28. The first kappa shape index (κ1) is 28.5. The number of nitrogens with zero attached hydrogens (tertiary/aromatic N) is 2. The number of hydrogen-bond donors (Lipinski definition) is 0. The lowest BCUT2D eigenvalue weighted by Crippen LogP contribution is -2.27. The summed E-state index contributed by atoms with van der Waals surface area (Å²) in [5.74, 6) is -3.36. The lowest BCUT2D eigenvalue weighted by Gasteiger charge is -2.31. The van der Waals surface area contributed by atoms with E-state index in [9.17, 15) is 13.6 Å². The number of carbonyl (C=O) groups excluding carboxylic acids is 1. The van der Waals surface area contributed by atoms with Gasteiger partial charge in [0.05, 0.1) is 23.7 Å². The van der Waals surface area contributed by atoms with Crippen LogP contribution in [-0.2, 0) is 4.79 Å². The van der Waals surface area contributed by atoms with E-state index in [1.165, 1.54) is 55.0 Å². The molecule has 0 spiro atoms. The third kappa shape index (κ3) is 7.61. The van der Waals surface area contributed by atoms with Crippen LogP contribution in [0.15, 0.2) is 80.8 Å². The number of allylic oxidation sites excluding steroid dienone is 6. The Labute approximate surface area is 215 Å². The van der Waals surface area contributed by atoms with Crippen molar-refractivity contribution in [3.63, 3.8) is 0 Å². The largest absolute Gasteiger partial charge is 0.472 e. The van der Waals surface area contributed by atoms with Gasteiger partial charge in [0.25, 0.3) is 5.92 Å². The Kier molecular flexibility index (Phi) is 10.4. The fourth-order valence-corrected chi connectivity index (χ4v) is 4.17. The molecule has 8 heteroatoms. The van der Waals surface area contributed by atoms with E-state index in [2.05, 4.69) is 36.9 Å². The van der Waals surface area contributed by atoms with Crippen LogP contribution in [0.25, 0.3) is 11.1 Å². The second-order valence-electron chi connectivity index (χ2n) is 8.09. The molecule has 0 aliphatic carbocycles. The van der Waals surface area contributed by atoms with Crippen LogP contribution in [0, 0.1) is 0 Å². The lowest BCUT2D eigenvalue weighted by molar-refractivity contribution is -0.113. The molecule has 0 radical (unpaired) electrons. The molecule has 0 unspecified atom stereocenters. The minimum absolute atomic E-state index is 0.0235. The van der Waals surface area contributed by atoms with E-state index in [4.69, 9.17) is 16.0 Å². The fraction of sp³-hybridized carbons (Fsp3) is 0.333. The van der Waals surface area contributed by atoms with Crippen molar-refractivity contribution >= 4 is 39.9 Å². The van der Waals surface area contributed by atoms with Gasteiger partial charge in [-0.2, -0.15) is 0 Å². The first-order valence-electron chi connectivity index (χ1n) is 11.3. The number of carbonyl (C=O) groups is 1. The van der Waals surface area contributed by atoms with Crippen molar-refractivity contribution in [2.45, 2.75) is 59.8 Å². The summed E-state index contributed by atoms with van der Waals surface area (Å²) >= 11 is 7.89. The highest BCUT2D eigenvalue weighted by Gasteiger charge is 2.35. The standard InChI is InChI=1S/C17H16ClF2NO2.C10H15NS/c1-10(12(3)22)16(18)21-8-14(13-5-6-23-9-13)7-15(11(21)2)17(4,19)20;1-3-5-9(6-4-2)10-7-12-8-11-10/h5-9H,2H2,1,3-4H3;5,7-8H,3-4,6H2,1-2H3/b16-10+;9-5+. The zero-order valence-corrected chi connectivity index (χ0v) is 22.3. The molecule has 2 aromatic rings. The minimum Gasteiger partial charge on any atom is -0.472 e. The normalized spacial score (nSPS) is 15.1. The molecule has 4 nitrogen and oxygen atoms in total. The second kappa shape index (κ2) is 12.8. The molecule has 0 N–H and O–H groups in total. The van der Waals surface area contributed by atoms with Crippen LogP contribution in [0.3, 0.4) is 0 Å². The van der Waals surface area contributed by atoms with Gasteiger partial charge in [0, 0.05) is 46.5 Å². The zero-order chi connectivity index (χ0) is 26.2. The van der Waals surface area contributed by atoms with E-state index in [1.807, 2.05) is 5.51 Å². The number of ketones is 1. The predicted molar refractivity (Wildman–Crippen MR) is 141 cm³/mol. The molecule has 2 aromatic heterocycles. The van der Waals surface area contributed by atoms with Crippen LogP contribution >= 0.6 is 22.9 Å². The number of halogens is 3. The van der Waals surface area contributed by atoms with E-state index in [-0.39, 0.29) is 27.8 Å². The van der Waals surface area contributed by atoms with E-state index < -0.39 is 5.92 Å². The Morgan fingerprint density at radius 3 is 2.54 bits per heavy atom. The van der Waals surface area contributed by atoms with Crippen molar-refractivity contribution in [2.75, 3.05) is 0 Å². The van der Waals surface area contributed by atoms with Crippen molar-refractivity contribution in [1.29, 1.82) is 0 Å². The van der Waals surface area contributed by atoms with E-state index in [0.717, 1.165) is 19.8 Å². The van der Waals surface area contributed by atoms with Gasteiger partial charge in [0.15, 0.2) is 5.78 Å². The minimum atomic E-state index is -3.11. The molecule has 1 aliphatic rings. The Morgan fingerprint density at radius 2 is 2.06 bits per heavy atom. The molecular weight excluding hydrogens is 490 g/mol. The number of furan rings is 1. The van der Waals surface area contributed by atoms with Crippen molar-refractivity contribution in [2.24, 2.45) is 0 Å². The second-order valence-corrected chi connectivity index (χ2v) is 9.17. The van der Waals surface area contributed by atoms with Crippen LogP contribution in [0.4, 0.5) is 8.78 Å². The highest BCUT2D eigenvalue weighted by atomic mass is 35.5. The topological polar surface area (TPSA) is 46.3 Å². The first-order chi connectivity index (χ1) is 16.5. The van der Waals surface area contributed by atoms with Gasteiger partial charge in [-0.25, -0.2) is 13.8 Å². The maximum Gasteiger partial charge on any atom is 0.272 e. The molecule has 0 saturated carbocycles. The van der Waals surface area contributed by atoms with Crippen molar-refractivity contribution in [3.05, 3.63) is 87.7 Å². The van der Waals surface area contributed by atoms with Gasteiger partial charge in [0.1, 0.15) is 5.16 Å². The van der Waals surface area contributed by atoms with E-state index in [1.54, 1.807) is 23.6 Å². The molecular formula is C27H31ClF2N2O2S. The molecule has 3 rings (SSSR count). The van der Waals surface area contributed by atoms with Gasteiger partial charge in [-0.15, -0.1) is 11.3 Å². The number of hydrogen-bond acceptors (Lipinski definition) is 5. The maximum atomic E-state index is 13.9. The molecule has 0 saturated heterocycles. The van der Waals surface area contributed by atoms with Crippen LogP contribution in [0.5, 0.6) is 0 Å². The van der Waals surface area contributed by atoms with Crippen molar-refractivity contribution in [1.82, 2.24) is 9.88 Å². The summed E-state index contributed by atoms with van der Waals surface area (Å²) < 4.78 is 32.9. The van der Waals surface area contributed by atoms with Crippen LogP contribution < -0.4 is 0 Å². The molecule has 3 heterocycles. The highest BCUT2D eigenvalue weighted by Crippen LogP contribution is 2.40. The number of thiazole rings is 1. The van der Waals surface area contributed by atoms with Crippen LogP contribution in [0.1, 0.15) is 65.1 Å². The first-order valence-corrected chi connectivity index (χ1v) is 12.6. The van der Waals surface area contributed by atoms with Gasteiger partial charge in [-0.05, 0) is 44.4 Å². The Morgan fingerprint density at radius 1 is 1.34 bits per heavy atom. The number of aromatic nitrogens is 1. The van der Waals surface area contributed by atoms with Gasteiger partial charge in [-0.3, -0.25) is 4.79 Å². The molecule has 188 valence electrons. The smallest absolute Gasteiger partial charge is 0.272 e. The highest BCUT2D eigenvalue weighted by molar-refractivity contribution is 7.07. The molecule has 0 fully saturated rings. The van der Waals surface area contributed by atoms with E-state index >= 15 is 0 Å². The summed E-state index contributed by atoms with van der Waals surface area (Å²) in [7, 11) is 0. The van der Waals surface area contributed by atoms with Crippen molar-refractivity contribution < 1.29 is 18.0 Å². The van der Waals surface area contributed by atoms with Gasteiger partial charge in [0.2, 0.25) is 0 Å². The van der Waals surface area contributed by atoms with Gasteiger partial charge >= 0.3 is 0 Å². The lowest BCUT2D eigenvalue weighted by atomic mass is 9.97. The predicted octanol–water partition coefficient (Wildman–Crippen LogP) is 8.83. The summed E-state index contributed by atoms with van der Waals surface area (Å²) in [5, 5.41) is 2.16. The Bertz CT molecular complexity index is 1140. The Balaban J connectivity index is 0.000000303. The summed E-state index contributed by atoms with van der Waals surface area (Å²) in [6.07, 6.45) is 11.5. The summed E-state index contributed by atoms with van der Waals surface area (Å²) in [4.78, 5) is 17.1. The number of Topliss-reactive ketones (excluding diaryl/α,β-unsaturated/α-hetero) is 1. The summed E-state index contributed by atoms with van der Waals surface area (Å²) in [6, 6.07) is 1.65. The average Bonchev–Trinajstić information content (AvgIpc) is 3.52. The molecule has 0 amide bonds. The number of alkyl halides is 2. The van der Waals surface area contributed by atoms with Gasteiger partial charge in [-0.1, -0.05) is 44.5 Å². The fourth-order valence-electron chi connectivity index (χ4n) is 3.31. The van der Waals surface area contributed by atoms with Crippen LogP contribution in [-0.4, -0.2) is 21.6 Å². The van der Waals surface area contributed by atoms with Crippen molar-refractivity contribution in [3.8, 4) is 0 Å².